The number of rotatable bonds is 1. The van der Waals surface area contributed by atoms with Gasteiger partial charge in [0.15, 0.2) is 9.84 Å². The molecule has 1 amide bonds. The Hall–Kier alpha value is -1.89. The number of nitrogens with one attached hydrogen (secondary N) is 1. The van der Waals surface area contributed by atoms with Crippen molar-refractivity contribution in [1.29, 1.82) is 0 Å². The number of amides is 1. The molecular weight excluding hydrogens is 246 g/mol. The summed E-state index contributed by atoms with van der Waals surface area (Å²) in [7, 11) is -2.49. The first-order valence-corrected chi connectivity index (χ1v) is 6.35. The van der Waals surface area contributed by atoms with Gasteiger partial charge >= 0.3 is 5.97 Å². The summed E-state index contributed by atoms with van der Waals surface area (Å²) in [6.45, 7) is 0. The van der Waals surface area contributed by atoms with Crippen LogP contribution in [-0.4, -0.2) is 33.2 Å². The predicted octanol–water partition coefficient (Wildman–Crippen LogP) is 0.199. The molecule has 0 spiro atoms. The standard InChI is InChI=1S/C10H9NO5S/c1-16-10(13)6-3-2-4-7-9(6)11-8(12)5-17(7,14)15/h2-4H,5H2,1H3,(H,11,12). The van der Waals surface area contributed by atoms with E-state index < -0.39 is 27.5 Å². The minimum Gasteiger partial charge on any atom is -0.465 e. The van der Waals surface area contributed by atoms with Crippen LogP contribution in [0.3, 0.4) is 0 Å². The molecule has 0 atom stereocenters. The molecular formula is C10H9NO5S. The Morgan fingerprint density at radius 3 is 2.76 bits per heavy atom. The summed E-state index contributed by atoms with van der Waals surface area (Å²) in [6.07, 6.45) is 0. The monoisotopic (exact) mass is 255 g/mol. The van der Waals surface area contributed by atoms with Gasteiger partial charge < -0.3 is 10.1 Å². The van der Waals surface area contributed by atoms with Crippen LogP contribution in [0.2, 0.25) is 0 Å². The number of ether oxygens (including phenoxy) is 1. The minimum atomic E-state index is -3.68. The SMILES string of the molecule is COC(=O)c1cccc2c1NC(=O)CS2(=O)=O. The molecule has 2 rings (SSSR count). The van der Waals surface area contributed by atoms with Gasteiger partial charge in [-0.1, -0.05) is 6.07 Å². The van der Waals surface area contributed by atoms with Crippen LogP contribution in [0, 0.1) is 0 Å². The molecule has 0 radical (unpaired) electrons. The maximum Gasteiger partial charge on any atom is 0.340 e. The zero-order valence-electron chi connectivity index (χ0n) is 8.89. The zero-order chi connectivity index (χ0) is 12.6. The average Bonchev–Trinajstić information content (AvgIpc) is 2.26. The van der Waals surface area contributed by atoms with Crippen LogP contribution in [0.15, 0.2) is 23.1 Å². The smallest absolute Gasteiger partial charge is 0.340 e. The Morgan fingerprint density at radius 2 is 2.12 bits per heavy atom. The molecule has 1 aliphatic heterocycles. The van der Waals surface area contributed by atoms with Crippen molar-refractivity contribution in [2.24, 2.45) is 0 Å². The summed E-state index contributed by atoms with van der Waals surface area (Å²) >= 11 is 0. The van der Waals surface area contributed by atoms with E-state index in [4.69, 9.17) is 0 Å². The highest BCUT2D eigenvalue weighted by Gasteiger charge is 2.31. The molecule has 0 aromatic heterocycles. The highest BCUT2D eigenvalue weighted by atomic mass is 32.2. The Bertz CT molecular complexity index is 605. The summed E-state index contributed by atoms with van der Waals surface area (Å²) < 4.78 is 28.0. The quantitative estimate of drug-likeness (QED) is 0.724. The second-order valence-electron chi connectivity index (χ2n) is 3.48. The largest absolute Gasteiger partial charge is 0.465 e. The number of methoxy groups -OCH3 is 1. The highest BCUT2D eigenvalue weighted by molar-refractivity contribution is 7.92. The fourth-order valence-corrected chi connectivity index (χ4v) is 2.96. The Balaban J connectivity index is 2.70. The van der Waals surface area contributed by atoms with Crippen LogP contribution in [0.5, 0.6) is 0 Å². The van der Waals surface area contributed by atoms with E-state index in [2.05, 4.69) is 10.1 Å². The van der Waals surface area contributed by atoms with Crippen molar-refractivity contribution in [1.82, 2.24) is 0 Å². The number of para-hydroxylation sites is 1. The van der Waals surface area contributed by atoms with Crippen molar-refractivity contribution in [2.45, 2.75) is 4.90 Å². The van der Waals surface area contributed by atoms with Gasteiger partial charge in [-0.2, -0.15) is 0 Å². The molecule has 1 N–H and O–H groups in total. The van der Waals surface area contributed by atoms with Crippen molar-refractivity contribution in [3.05, 3.63) is 23.8 Å². The molecule has 17 heavy (non-hydrogen) atoms. The van der Waals surface area contributed by atoms with Crippen LogP contribution < -0.4 is 5.32 Å². The van der Waals surface area contributed by atoms with E-state index >= 15 is 0 Å². The van der Waals surface area contributed by atoms with E-state index in [1.54, 1.807) is 0 Å². The lowest BCUT2D eigenvalue weighted by Gasteiger charge is -2.19. The summed E-state index contributed by atoms with van der Waals surface area (Å²) in [6, 6.07) is 4.17. The van der Waals surface area contributed by atoms with Crippen molar-refractivity contribution in [3.8, 4) is 0 Å². The van der Waals surface area contributed by atoms with E-state index in [0.29, 0.717) is 0 Å². The van der Waals surface area contributed by atoms with Crippen molar-refractivity contribution in [2.75, 3.05) is 18.2 Å². The van der Waals surface area contributed by atoms with E-state index in [9.17, 15) is 18.0 Å². The lowest BCUT2D eigenvalue weighted by Crippen LogP contribution is -2.30. The molecule has 0 fully saturated rings. The van der Waals surface area contributed by atoms with Gasteiger partial charge in [0, 0.05) is 0 Å². The number of carbonyl (C=O) groups is 2. The number of anilines is 1. The lowest BCUT2D eigenvalue weighted by molar-refractivity contribution is -0.114. The Kier molecular flexibility index (Phi) is 2.62. The number of carbonyl (C=O) groups excluding carboxylic acids is 2. The molecule has 0 unspecified atom stereocenters. The molecule has 1 heterocycles. The molecule has 0 saturated heterocycles. The second-order valence-corrected chi connectivity index (χ2v) is 5.44. The number of hydrogen-bond donors (Lipinski definition) is 1. The van der Waals surface area contributed by atoms with Gasteiger partial charge in [0.05, 0.1) is 23.3 Å². The van der Waals surface area contributed by atoms with Crippen LogP contribution in [0.4, 0.5) is 5.69 Å². The zero-order valence-corrected chi connectivity index (χ0v) is 9.71. The molecule has 1 aliphatic rings. The van der Waals surface area contributed by atoms with Crippen molar-refractivity contribution in [3.63, 3.8) is 0 Å². The van der Waals surface area contributed by atoms with Gasteiger partial charge in [-0.25, -0.2) is 13.2 Å². The van der Waals surface area contributed by atoms with Crippen molar-refractivity contribution < 1.29 is 22.7 Å². The molecule has 0 bridgehead atoms. The summed E-state index contributed by atoms with van der Waals surface area (Å²) in [4.78, 5) is 22.6. The van der Waals surface area contributed by atoms with Crippen LogP contribution in [0.1, 0.15) is 10.4 Å². The number of hydrogen-bond acceptors (Lipinski definition) is 5. The van der Waals surface area contributed by atoms with E-state index in [1.807, 2.05) is 0 Å². The molecule has 6 nitrogen and oxygen atoms in total. The molecule has 0 saturated carbocycles. The van der Waals surface area contributed by atoms with E-state index in [0.717, 1.165) is 0 Å². The number of sulfone groups is 1. The number of esters is 1. The molecule has 1 aromatic rings. The van der Waals surface area contributed by atoms with Crippen LogP contribution in [0.25, 0.3) is 0 Å². The Labute approximate surface area is 97.5 Å². The first kappa shape index (κ1) is 11.6. The number of benzene rings is 1. The molecule has 0 aliphatic carbocycles. The van der Waals surface area contributed by atoms with Crippen LogP contribution >= 0.6 is 0 Å². The van der Waals surface area contributed by atoms with Gasteiger partial charge in [-0.05, 0) is 12.1 Å². The minimum absolute atomic E-state index is 0.00407. The maximum atomic E-state index is 11.7. The summed E-state index contributed by atoms with van der Waals surface area (Å²) in [5.41, 5.74) is 0.0252. The number of fused-ring (bicyclic) bond motifs is 1. The third-order valence-electron chi connectivity index (χ3n) is 2.35. The summed E-state index contributed by atoms with van der Waals surface area (Å²) in [5.74, 6) is -1.96. The van der Waals surface area contributed by atoms with Crippen LogP contribution in [-0.2, 0) is 19.4 Å². The predicted molar refractivity (Wildman–Crippen MR) is 58.5 cm³/mol. The van der Waals surface area contributed by atoms with Gasteiger partial charge in [0.1, 0.15) is 5.75 Å². The Morgan fingerprint density at radius 1 is 1.41 bits per heavy atom. The first-order valence-electron chi connectivity index (χ1n) is 4.69. The third kappa shape index (κ3) is 1.89. The average molecular weight is 255 g/mol. The highest BCUT2D eigenvalue weighted by Crippen LogP contribution is 2.30. The third-order valence-corrected chi connectivity index (χ3v) is 4.00. The van der Waals surface area contributed by atoms with E-state index in [1.165, 1.54) is 25.3 Å². The van der Waals surface area contributed by atoms with Gasteiger partial charge in [-0.3, -0.25) is 4.79 Å². The topological polar surface area (TPSA) is 89.5 Å². The molecule has 1 aromatic carbocycles. The molecule has 90 valence electrons. The van der Waals surface area contributed by atoms with Gasteiger partial charge in [0.2, 0.25) is 5.91 Å². The lowest BCUT2D eigenvalue weighted by atomic mass is 10.1. The first-order chi connectivity index (χ1) is 7.95. The fourth-order valence-electron chi connectivity index (χ4n) is 1.63. The maximum absolute atomic E-state index is 11.7. The second kappa shape index (κ2) is 3.85. The molecule has 7 heteroatoms. The summed E-state index contributed by atoms with van der Waals surface area (Å²) in [5, 5.41) is 2.38. The normalized spacial score (nSPS) is 16.9. The van der Waals surface area contributed by atoms with Gasteiger partial charge in [0.25, 0.3) is 0 Å². The van der Waals surface area contributed by atoms with Gasteiger partial charge in [-0.15, -0.1) is 0 Å². The van der Waals surface area contributed by atoms with E-state index in [-0.39, 0.29) is 16.1 Å². The van der Waals surface area contributed by atoms with Crippen molar-refractivity contribution >= 4 is 27.4 Å². The fraction of sp³-hybridized carbons (Fsp3) is 0.200.